The molecule has 1 heterocycles. The van der Waals surface area contributed by atoms with Crippen LogP contribution in [0.1, 0.15) is 15.9 Å². The molecule has 1 aromatic carbocycles. The Hall–Kier alpha value is -1.50. The van der Waals surface area contributed by atoms with Crippen LogP contribution in [0.25, 0.3) is 0 Å². The molecule has 0 saturated carbocycles. The molecule has 1 aliphatic rings. The van der Waals surface area contributed by atoms with Crippen molar-refractivity contribution in [1.82, 2.24) is 4.90 Å². The van der Waals surface area contributed by atoms with E-state index in [0.29, 0.717) is 19.6 Å². The maximum Gasteiger partial charge on any atom is 0.338 e. The van der Waals surface area contributed by atoms with Crippen molar-refractivity contribution in [2.24, 2.45) is 0 Å². The number of halogens is 1. The Morgan fingerprint density at radius 2 is 1.95 bits per heavy atom. The zero-order valence-corrected chi connectivity index (χ0v) is 11.5. The molecular weight excluding hydrogens is 265 g/mol. The van der Waals surface area contributed by atoms with E-state index in [-0.39, 0.29) is 17.8 Å². The summed E-state index contributed by atoms with van der Waals surface area (Å²) in [7, 11) is 3.28. The fourth-order valence-electron chi connectivity index (χ4n) is 2.49. The summed E-state index contributed by atoms with van der Waals surface area (Å²) < 4.78 is 24.3. The van der Waals surface area contributed by atoms with Gasteiger partial charge in [-0.15, -0.1) is 0 Å². The van der Waals surface area contributed by atoms with Gasteiger partial charge in [-0.3, -0.25) is 4.90 Å². The van der Waals surface area contributed by atoms with Crippen molar-refractivity contribution < 1.29 is 23.8 Å². The van der Waals surface area contributed by atoms with Crippen LogP contribution < -0.4 is 0 Å². The smallest absolute Gasteiger partial charge is 0.338 e. The number of carboxylic acids is 1. The average molecular weight is 283 g/mol. The van der Waals surface area contributed by atoms with Crippen LogP contribution in [0, 0.1) is 5.82 Å². The third-order valence-corrected chi connectivity index (χ3v) is 3.57. The van der Waals surface area contributed by atoms with Crippen LogP contribution >= 0.6 is 0 Å². The molecule has 5 nitrogen and oxygen atoms in total. The molecule has 0 spiro atoms. The second kappa shape index (κ2) is 6.30. The van der Waals surface area contributed by atoms with E-state index < -0.39 is 11.8 Å². The number of likely N-dealkylation sites (tertiary alicyclic amines) is 1. The molecule has 0 bridgehead atoms. The molecule has 1 saturated heterocycles. The van der Waals surface area contributed by atoms with Crippen molar-refractivity contribution in [1.29, 1.82) is 0 Å². The number of hydrogen-bond donors (Lipinski definition) is 1. The van der Waals surface area contributed by atoms with Gasteiger partial charge in [-0.25, -0.2) is 9.18 Å². The van der Waals surface area contributed by atoms with Gasteiger partial charge in [0.15, 0.2) is 0 Å². The average Bonchev–Trinajstić information content (AvgIpc) is 2.80. The molecule has 1 aliphatic heterocycles. The van der Waals surface area contributed by atoms with E-state index in [1.165, 1.54) is 12.1 Å². The van der Waals surface area contributed by atoms with Crippen molar-refractivity contribution in [3.63, 3.8) is 0 Å². The third-order valence-electron chi connectivity index (χ3n) is 3.57. The van der Waals surface area contributed by atoms with E-state index in [2.05, 4.69) is 4.90 Å². The SMILES string of the molecule is COC1CN(Cc2ccc(C(=O)O)c(F)c2)CC1OC. The van der Waals surface area contributed by atoms with E-state index in [4.69, 9.17) is 14.6 Å². The van der Waals surface area contributed by atoms with Crippen molar-refractivity contribution in [3.8, 4) is 0 Å². The molecule has 0 amide bonds. The predicted molar refractivity (Wildman–Crippen MR) is 70.2 cm³/mol. The van der Waals surface area contributed by atoms with Gasteiger partial charge in [-0.1, -0.05) is 6.07 Å². The second-order valence-corrected chi connectivity index (χ2v) is 4.86. The Morgan fingerprint density at radius 3 is 2.40 bits per heavy atom. The normalized spacial score (nSPS) is 23.1. The number of ether oxygens (including phenoxy) is 2. The van der Waals surface area contributed by atoms with Crippen molar-refractivity contribution in [2.75, 3.05) is 27.3 Å². The molecule has 6 heteroatoms. The van der Waals surface area contributed by atoms with Crippen LogP contribution in [0.4, 0.5) is 4.39 Å². The number of rotatable bonds is 5. The molecule has 1 aromatic rings. The molecule has 1 N–H and O–H groups in total. The lowest BCUT2D eigenvalue weighted by Gasteiger charge is -2.15. The minimum atomic E-state index is -1.26. The summed E-state index contributed by atoms with van der Waals surface area (Å²) in [6.45, 7) is 1.95. The topological polar surface area (TPSA) is 59.0 Å². The third kappa shape index (κ3) is 3.15. The lowest BCUT2D eigenvalue weighted by molar-refractivity contribution is -0.00461. The molecular formula is C14H18FNO4. The Balaban J connectivity index is 2.04. The van der Waals surface area contributed by atoms with Crippen LogP contribution in [0.3, 0.4) is 0 Å². The first kappa shape index (κ1) is 14.9. The monoisotopic (exact) mass is 283 g/mol. The minimum Gasteiger partial charge on any atom is -0.478 e. The van der Waals surface area contributed by atoms with Gasteiger partial charge in [0.25, 0.3) is 0 Å². The van der Waals surface area contributed by atoms with Gasteiger partial charge in [0.05, 0.1) is 17.8 Å². The Labute approximate surface area is 116 Å². The number of nitrogens with zero attached hydrogens (tertiary/aromatic N) is 1. The first-order valence-electron chi connectivity index (χ1n) is 6.34. The van der Waals surface area contributed by atoms with Crippen LogP contribution in [-0.2, 0) is 16.0 Å². The number of hydrogen-bond acceptors (Lipinski definition) is 4. The zero-order chi connectivity index (χ0) is 14.7. The van der Waals surface area contributed by atoms with E-state index >= 15 is 0 Å². The fraction of sp³-hybridized carbons (Fsp3) is 0.500. The lowest BCUT2D eigenvalue weighted by Crippen LogP contribution is -2.27. The standard InChI is InChI=1S/C14H18FNO4/c1-19-12-7-16(8-13(12)20-2)6-9-3-4-10(14(17)18)11(15)5-9/h3-5,12-13H,6-8H2,1-2H3,(H,17,18). The van der Waals surface area contributed by atoms with Crippen LogP contribution in [-0.4, -0.2) is 55.5 Å². The number of methoxy groups -OCH3 is 2. The number of carbonyl (C=O) groups is 1. The largest absolute Gasteiger partial charge is 0.478 e. The van der Waals surface area contributed by atoms with Crippen LogP contribution in [0.2, 0.25) is 0 Å². The van der Waals surface area contributed by atoms with Crippen molar-refractivity contribution >= 4 is 5.97 Å². The summed E-state index contributed by atoms with van der Waals surface area (Å²) in [5.74, 6) is -1.96. The maximum atomic E-state index is 13.6. The lowest BCUT2D eigenvalue weighted by atomic mass is 10.1. The molecule has 2 rings (SSSR count). The maximum absolute atomic E-state index is 13.6. The van der Waals surface area contributed by atoms with E-state index in [1.54, 1.807) is 20.3 Å². The highest BCUT2D eigenvalue weighted by Gasteiger charge is 2.32. The summed E-state index contributed by atoms with van der Waals surface area (Å²) in [5, 5.41) is 8.79. The summed E-state index contributed by atoms with van der Waals surface area (Å²) in [5.41, 5.74) is 0.429. The summed E-state index contributed by atoms with van der Waals surface area (Å²) >= 11 is 0. The minimum absolute atomic E-state index is 0.00291. The molecule has 2 unspecified atom stereocenters. The summed E-state index contributed by atoms with van der Waals surface area (Å²) in [4.78, 5) is 12.9. The van der Waals surface area contributed by atoms with Gasteiger partial charge in [0.1, 0.15) is 5.82 Å². The fourth-order valence-corrected chi connectivity index (χ4v) is 2.49. The summed E-state index contributed by atoms with van der Waals surface area (Å²) in [6.07, 6.45) is 0.00581. The highest BCUT2D eigenvalue weighted by Crippen LogP contribution is 2.19. The van der Waals surface area contributed by atoms with Crippen molar-refractivity contribution in [2.45, 2.75) is 18.8 Å². The Kier molecular flexibility index (Phi) is 4.69. The number of benzene rings is 1. The van der Waals surface area contributed by atoms with Crippen molar-refractivity contribution in [3.05, 3.63) is 35.1 Å². The Bertz CT molecular complexity index is 482. The highest BCUT2D eigenvalue weighted by atomic mass is 19.1. The first-order chi connectivity index (χ1) is 9.55. The van der Waals surface area contributed by atoms with Gasteiger partial charge < -0.3 is 14.6 Å². The molecule has 0 aliphatic carbocycles. The molecule has 0 radical (unpaired) electrons. The predicted octanol–water partition coefficient (Wildman–Crippen LogP) is 1.37. The van der Waals surface area contributed by atoms with Crippen LogP contribution in [0.15, 0.2) is 18.2 Å². The van der Waals surface area contributed by atoms with E-state index in [9.17, 15) is 9.18 Å². The molecule has 2 atom stereocenters. The molecule has 0 aromatic heterocycles. The quantitative estimate of drug-likeness (QED) is 0.884. The van der Waals surface area contributed by atoms with Gasteiger partial charge in [-0.2, -0.15) is 0 Å². The van der Waals surface area contributed by atoms with Gasteiger partial charge in [0.2, 0.25) is 0 Å². The first-order valence-corrected chi connectivity index (χ1v) is 6.34. The van der Waals surface area contributed by atoms with E-state index in [0.717, 1.165) is 5.56 Å². The number of carboxylic acid groups (broad SMARTS) is 1. The van der Waals surface area contributed by atoms with Gasteiger partial charge in [-0.05, 0) is 17.7 Å². The van der Waals surface area contributed by atoms with Gasteiger partial charge >= 0.3 is 5.97 Å². The van der Waals surface area contributed by atoms with Crippen LogP contribution in [0.5, 0.6) is 0 Å². The molecule has 20 heavy (non-hydrogen) atoms. The number of aromatic carboxylic acids is 1. The molecule has 1 fully saturated rings. The highest BCUT2D eigenvalue weighted by molar-refractivity contribution is 5.87. The van der Waals surface area contributed by atoms with E-state index in [1.807, 2.05) is 0 Å². The second-order valence-electron chi connectivity index (χ2n) is 4.86. The van der Waals surface area contributed by atoms with Gasteiger partial charge in [0, 0.05) is 33.9 Å². The Morgan fingerprint density at radius 1 is 1.35 bits per heavy atom. The molecule has 110 valence electrons. The summed E-state index contributed by atoms with van der Waals surface area (Å²) in [6, 6.07) is 4.20. The zero-order valence-electron chi connectivity index (χ0n) is 11.5.